The Morgan fingerprint density at radius 1 is 1.14 bits per heavy atom. The van der Waals surface area contributed by atoms with Gasteiger partial charge in [-0.05, 0) is 48.9 Å². The average molecular weight is 508 g/mol. The van der Waals surface area contributed by atoms with Crippen LogP contribution in [0.3, 0.4) is 0 Å². The molecular formula is C28H33N3O4S. The highest BCUT2D eigenvalue weighted by Crippen LogP contribution is 2.68. The molecular weight excluding hydrogens is 474 g/mol. The highest BCUT2D eigenvalue weighted by Gasteiger charge is 2.75. The number of rotatable bonds is 7. The van der Waals surface area contributed by atoms with Crippen molar-refractivity contribution in [1.29, 1.82) is 0 Å². The fourth-order valence-corrected chi connectivity index (χ4v) is 8.86. The number of fused-ring (bicyclic) bond motifs is 1. The third-order valence-corrected chi connectivity index (χ3v) is 10.2. The zero-order chi connectivity index (χ0) is 25.6. The molecule has 1 spiro atoms. The van der Waals surface area contributed by atoms with Crippen LogP contribution in [0.15, 0.2) is 48.5 Å². The number of β-amino-alcohol motifs (C(OH)–C–C–N with tert-alkyl or cyclic N) is 1. The molecule has 2 aromatic carbocycles. The van der Waals surface area contributed by atoms with Gasteiger partial charge in [0.05, 0.1) is 23.2 Å². The van der Waals surface area contributed by atoms with Crippen LogP contribution in [-0.2, 0) is 20.9 Å². The van der Waals surface area contributed by atoms with Gasteiger partial charge in [0, 0.05) is 24.0 Å². The Balaban J connectivity index is 1.45. The molecule has 3 fully saturated rings. The molecule has 36 heavy (non-hydrogen) atoms. The van der Waals surface area contributed by atoms with Gasteiger partial charge in [0.2, 0.25) is 17.7 Å². The Hall–Kier alpha value is -2.84. The average Bonchev–Trinajstić information content (AvgIpc) is 3.45. The van der Waals surface area contributed by atoms with Gasteiger partial charge in [-0.1, -0.05) is 49.4 Å². The molecule has 0 aliphatic carbocycles. The van der Waals surface area contributed by atoms with Crippen molar-refractivity contribution in [2.75, 3.05) is 18.5 Å². The van der Waals surface area contributed by atoms with Crippen molar-refractivity contribution in [3.8, 4) is 0 Å². The Morgan fingerprint density at radius 3 is 2.61 bits per heavy atom. The second-order valence-corrected chi connectivity index (χ2v) is 11.9. The Morgan fingerprint density at radius 2 is 1.89 bits per heavy atom. The molecule has 3 aliphatic heterocycles. The topological polar surface area (TPSA) is 98.7 Å². The molecule has 3 amide bonds. The lowest BCUT2D eigenvalue weighted by molar-refractivity contribution is -0.140. The molecule has 2 bridgehead atoms. The van der Waals surface area contributed by atoms with E-state index in [0.717, 1.165) is 28.8 Å². The zero-order valence-corrected chi connectivity index (χ0v) is 21.7. The molecule has 3 saturated heterocycles. The molecule has 3 N–H and O–H groups in total. The highest BCUT2D eigenvalue weighted by molar-refractivity contribution is 8.02. The number of benzene rings is 2. The molecule has 7 nitrogen and oxygen atoms in total. The molecule has 6 atom stereocenters. The maximum atomic E-state index is 13.9. The van der Waals surface area contributed by atoms with Gasteiger partial charge < -0.3 is 20.6 Å². The Bertz CT molecular complexity index is 1190. The van der Waals surface area contributed by atoms with Crippen molar-refractivity contribution in [2.45, 2.75) is 49.8 Å². The second kappa shape index (κ2) is 9.56. The maximum absolute atomic E-state index is 13.9. The number of nitrogens with zero attached hydrogens (tertiary/aromatic N) is 1. The predicted molar refractivity (Wildman–Crippen MR) is 140 cm³/mol. The first-order valence-electron chi connectivity index (χ1n) is 12.6. The van der Waals surface area contributed by atoms with Gasteiger partial charge in [-0.3, -0.25) is 14.4 Å². The Kier molecular flexibility index (Phi) is 6.59. The summed E-state index contributed by atoms with van der Waals surface area (Å²) in [5.74, 6) is -1.60. The van der Waals surface area contributed by atoms with Crippen LogP contribution in [0, 0.1) is 31.6 Å². The van der Waals surface area contributed by atoms with Gasteiger partial charge in [-0.25, -0.2) is 0 Å². The monoisotopic (exact) mass is 507 g/mol. The smallest absolute Gasteiger partial charge is 0.248 e. The lowest BCUT2D eigenvalue weighted by atomic mass is 9.66. The van der Waals surface area contributed by atoms with Gasteiger partial charge in [-0.15, -0.1) is 11.8 Å². The number of aliphatic hydroxyl groups is 1. The summed E-state index contributed by atoms with van der Waals surface area (Å²) in [6, 6.07) is 14.8. The van der Waals surface area contributed by atoms with Crippen LogP contribution < -0.4 is 10.6 Å². The van der Waals surface area contributed by atoms with Gasteiger partial charge in [0.15, 0.2) is 0 Å². The summed E-state index contributed by atoms with van der Waals surface area (Å²) in [4.78, 5) is 42.7. The van der Waals surface area contributed by atoms with E-state index in [2.05, 4.69) is 17.6 Å². The first kappa shape index (κ1) is 24.8. The fourth-order valence-electron chi connectivity index (χ4n) is 6.44. The van der Waals surface area contributed by atoms with Crippen LogP contribution in [0.2, 0.25) is 0 Å². The molecule has 0 aromatic heterocycles. The SMILES string of the molecule is Cc1ccc(C)c(NC(=O)C2N(CCO)C(=O)[C@@H]3[C@@H](C(=O)NCc4ccccc4)[C@H]4CC(C)C23S4)c1. The summed E-state index contributed by atoms with van der Waals surface area (Å²) in [5, 5.41) is 15.9. The summed E-state index contributed by atoms with van der Waals surface area (Å²) in [5.41, 5.74) is 3.69. The summed E-state index contributed by atoms with van der Waals surface area (Å²) < 4.78 is -0.701. The highest BCUT2D eigenvalue weighted by atomic mass is 32.2. The fraction of sp³-hybridized carbons (Fsp3) is 0.464. The van der Waals surface area contributed by atoms with Gasteiger partial charge >= 0.3 is 0 Å². The number of hydrogen-bond acceptors (Lipinski definition) is 5. The normalized spacial score (nSPS) is 30.4. The number of anilines is 1. The zero-order valence-electron chi connectivity index (χ0n) is 20.9. The first-order chi connectivity index (χ1) is 17.3. The second-order valence-electron chi connectivity index (χ2n) is 10.3. The number of thioether (sulfide) groups is 1. The summed E-state index contributed by atoms with van der Waals surface area (Å²) >= 11 is 1.64. The Labute approximate surface area is 216 Å². The molecule has 190 valence electrons. The first-order valence-corrected chi connectivity index (χ1v) is 13.4. The van der Waals surface area contributed by atoms with Crippen LogP contribution in [0.4, 0.5) is 5.69 Å². The number of carbonyl (C=O) groups is 3. The number of aliphatic hydroxyl groups excluding tert-OH is 1. The summed E-state index contributed by atoms with van der Waals surface area (Å²) in [7, 11) is 0. The van der Waals surface area contributed by atoms with E-state index in [-0.39, 0.29) is 42.0 Å². The molecule has 2 aromatic rings. The van der Waals surface area contributed by atoms with Crippen molar-refractivity contribution in [3.05, 3.63) is 65.2 Å². The van der Waals surface area contributed by atoms with E-state index in [0.29, 0.717) is 6.54 Å². The van der Waals surface area contributed by atoms with Crippen LogP contribution in [-0.4, -0.2) is 56.9 Å². The molecule has 5 rings (SSSR count). The number of amides is 3. The van der Waals surface area contributed by atoms with Gasteiger partial charge in [-0.2, -0.15) is 0 Å². The van der Waals surface area contributed by atoms with Crippen molar-refractivity contribution in [3.63, 3.8) is 0 Å². The van der Waals surface area contributed by atoms with Gasteiger partial charge in [0.1, 0.15) is 6.04 Å². The minimum Gasteiger partial charge on any atom is -0.395 e. The minimum absolute atomic E-state index is 0.0167. The van der Waals surface area contributed by atoms with Crippen molar-refractivity contribution in [2.24, 2.45) is 17.8 Å². The number of hydrogen-bond donors (Lipinski definition) is 3. The molecule has 3 unspecified atom stereocenters. The number of aryl methyl sites for hydroxylation is 2. The summed E-state index contributed by atoms with van der Waals surface area (Å²) in [6.07, 6.45) is 0.776. The third-order valence-electron chi connectivity index (χ3n) is 8.10. The van der Waals surface area contributed by atoms with Crippen LogP contribution >= 0.6 is 11.8 Å². The van der Waals surface area contributed by atoms with E-state index in [1.165, 1.54) is 4.90 Å². The quantitative estimate of drug-likeness (QED) is 0.535. The van der Waals surface area contributed by atoms with Crippen LogP contribution in [0.5, 0.6) is 0 Å². The largest absolute Gasteiger partial charge is 0.395 e. The van der Waals surface area contributed by atoms with Crippen molar-refractivity contribution < 1.29 is 19.5 Å². The molecule has 8 heteroatoms. The maximum Gasteiger partial charge on any atom is 0.248 e. The lowest BCUT2D eigenvalue weighted by Crippen LogP contribution is -2.55. The van der Waals surface area contributed by atoms with Crippen LogP contribution in [0.1, 0.15) is 30.0 Å². The number of nitrogens with one attached hydrogen (secondary N) is 2. The summed E-state index contributed by atoms with van der Waals surface area (Å²) in [6.45, 7) is 6.22. The van der Waals surface area contributed by atoms with E-state index >= 15 is 0 Å². The van der Waals surface area contributed by atoms with E-state index in [9.17, 15) is 19.5 Å². The van der Waals surface area contributed by atoms with Crippen molar-refractivity contribution in [1.82, 2.24) is 10.2 Å². The third kappa shape index (κ3) is 3.91. The minimum atomic E-state index is -0.751. The molecule has 0 saturated carbocycles. The van der Waals surface area contributed by atoms with E-state index in [1.807, 2.05) is 62.4 Å². The number of carbonyl (C=O) groups excluding carboxylic acids is 3. The molecule has 3 heterocycles. The standard InChI is InChI=1S/C28H33N3O4S/c1-16-9-10-17(2)20(13-16)30-26(34)24-28-18(3)14-21(36-28)22(23(28)27(35)31(24)11-12-32)25(33)29-15-19-7-5-4-6-8-19/h4-10,13,18,21-24,32H,11-12,14-15H2,1-3H3,(H,29,33)(H,30,34)/t18?,21-,22+,23+,24?,28?/m1/s1. The molecule has 3 aliphatic rings. The number of likely N-dealkylation sites (tertiary alicyclic amines) is 1. The van der Waals surface area contributed by atoms with E-state index in [4.69, 9.17) is 0 Å². The van der Waals surface area contributed by atoms with Gasteiger partial charge in [0.25, 0.3) is 0 Å². The predicted octanol–water partition coefficient (Wildman–Crippen LogP) is 2.89. The molecule has 0 radical (unpaired) electrons. The van der Waals surface area contributed by atoms with Crippen LogP contribution in [0.25, 0.3) is 0 Å². The van der Waals surface area contributed by atoms with E-state index in [1.54, 1.807) is 11.8 Å². The van der Waals surface area contributed by atoms with E-state index < -0.39 is 22.6 Å². The van der Waals surface area contributed by atoms with Crippen molar-refractivity contribution >= 4 is 35.2 Å². The lowest BCUT2D eigenvalue weighted by Gasteiger charge is -2.38.